The number of rotatable bonds is 15. The van der Waals surface area contributed by atoms with Crippen molar-refractivity contribution in [1.82, 2.24) is 15.5 Å². The highest BCUT2D eigenvalue weighted by atomic mass is 16.5. The van der Waals surface area contributed by atoms with E-state index in [1.165, 1.54) is 31.2 Å². The molecule has 4 rings (SSSR count). The van der Waals surface area contributed by atoms with Crippen LogP contribution >= 0.6 is 0 Å². The molecule has 3 aromatic carbocycles. The van der Waals surface area contributed by atoms with Gasteiger partial charge in [-0.1, -0.05) is 107 Å². The third-order valence-electron chi connectivity index (χ3n) is 7.37. The molecule has 1 aromatic heterocycles. The van der Waals surface area contributed by atoms with Gasteiger partial charge in [0.1, 0.15) is 11.8 Å². The number of carboxylic acids is 1. The minimum atomic E-state index is -0.878. The Hall–Kier alpha value is -3.97. The van der Waals surface area contributed by atoms with E-state index in [4.69, 9.17) is 9.26 Å². The zero-order chi connectivity index (χ0) is 30.0. The molecule has 0 saturated heterocycles. The number of unbranched alkanes of at least 4 members (excludes halogenated alkanes) is 4. The third kappa shape index (κ3) is 9.02. The number of aromatic nitrogens is 2. The van der Waals surface area contributed by atoms with Crippen LogP contribution in [0.1, 0.15) is 76.5 Å². The van der Waals surface area contributed by atoms with Crippen molar-refractivity contribution >= 4 is 5.97 Å². The lowest BCUT2D eigenvalue weighted by Gasteiger charge is -2.19. The van der Waals surface area contributed by atoms with Crippen molar-refractivity contribution in [3.63, 3.8) is 0 Å². The zero-order valence-corrected chi connectivity index (χ0v) is 25.2. The molecule has 7 nitrogen and oxygen atoms in total. The summed E-state index contributed by atoms with van der Waals surface area (Å²) in [6, 6.07) is 22.9. The van der Waals surface area contributed by atoms with Crippen LogP contribution in [-0.4, -0.2) is 33.9 Å². The number of benzene rings is 3. The van der Waals surface area contributed by atoms with Gasteiger partial charge in [0, 0.05) is 17.7 Å². The van der Waals surface area contributed by atoms with Crippen molar-refractivity contribution in [3.05, 3.63) is 89.5 Å². The Morgan fingerprint density at radius 2 is 1.52 bits per heavy atom. The number of carboxylic acid groups (broad SMARTS) is 1. The monoisotopic (exact) mass is 569 g/mol. The van der Waals surface area contributed by atoms with E-state index in [0.29, 0.717) is 24.7 Å². The van der Waals surface area contributed by atoms with Gasteiger partial charge >= 0.3 is 5.97 Å². The maximum absolute atomic E-state index is 12.0. The van der Waals surface area contributed by atoms with Crippen molar-refractivity contribution < 1.29 is 19.2 Å². The number of nitrogens with one attached hydrogen (secondary N) is 1. The van der Waals surface area contributed by atoms with E-state index >= 15 is 0 Å². The van der Waals surface area contributed by atoms with Crippen LogP contribution in [0.3, 0.4) is 0 Å². The van der Waals surface area contributed by atoms with Gasteiger partial charge in [0.15, 0.2) is 0 Å². The highest BCUT2D eigenvalue weighted by Gasteiger charge is 2.19. The summed E-state index contributed by atoms with van der Waals surface area (Å²) in [7, 11) is 0. The lowest BCUT2D eigenvalue weighted by atomic mass is 9.87. The molecule has 0 aliphatic rings. The highest BCUT2D eigenvalue weighted by molar-refractivity contribution is 5.74. The maximum atomic E-state index is 12.0. The fourth-order valence-corrected chi connectivity index (χ4v) is 4.68. The van der Waals surface area contributed by atoms with Crippen LogP contribution in [0.15, 0.2) is 77.3 Å². The quantitative estimate of drug-likeness (QED) is 0.141. The summed E-state index contributed by atoms with van der Waals surface area (Å²) in [5.74, 6) is 0.871. The van der Waals surface area contributed by atoms with Gasteiger partial charge in [-0.3, -0.25) is 4.79 Å². The van der Waals surface area contributed by atoms with Crippen molar-refractivity contribution in [2.45, 2.75) is 84.2 Å². The average molecular weight is 570 g/mol. The summed E-state index contributed by atoms with van der Waals surface area (Å²) in [4.78, 5) is 16.5. The molecule has 0 fully saturated rings. The Kier molecular flexibility index (Phi) is 10.9. The highest BCUT2D eigenvalue weighted by Crippen LogP contribution is 2.25. The average Bonchev–Trinajstić information content (AvgIpc) is 3.48. The van der Waals surface area contributed by atoms with Gasteiger partial charge in [-0.15, -0.1) is 0 Å². The Labute approximate surface area is 249 Å². The van der Waals surface area contributed by atoms with Crippen molar-refractivity contribution in [3.8, 4) is 28.6 Å². The first-order valence-corrected chi connectivity index (χ1v) is 14.9. The van der Waals surface area contributed by atoms with Crippen LogP contribution in [0.4, 0.5) is 0 Å². The van der Waals surface area contributed by atoms with Crippen LogP contribution in [0.25, 0.3) is 22.8 Å². The van der Waals surface area contributed by atoms with Gasteiger partial charge in [-0.25, -0.2) is 0 Å². The molecule has 1 atom stereocenters. The Morgan fingerprint density at radius 3 is 2.17 bits per heavy atom. The van der Waals surface area contributed by atoms with Crippen LogP contribution in [0.2, 0.25) is 0 Å². The Bertz CT molecular complexity index is 1390. The fourth-order valence-electron chi connectivity index (χ4n) is 4.68. The van der Waals surface area contributed by atoms with E-state index in [2.05, 4.69) is 67.4 Å². The maximum Gasteiger partial charge on any atom is 0.321 e. The predicted octanol–water partition coefficient (Wildman–Crippen LogP) is 7.84. The zero-order valence-electron chi connectivity index (χ0n) is 25.2. The molecule has 0 aliphatic carbocycles. The lowest BCUT2D eigenvalue weighted by Crippen LogP contribution is -2.38. The summed E-state index contributed by atoms with van der Waals surface area (Å²) in [6.07, 6.45) is 6.40. The number of aliphatic carboxylic acids is 1. The molecule has 0 saturated carbocycles. The SMILES string of the molecule is CCCCCCCOc1ccc(-c2nc(-c3ccc(C[C@H](NCc4ccc(C(C)(C)C)cc4)C(=O)O)cc3)no2)cc1. The second-order valence-corrected chi connectivity index (χ2v) is 11.8. The molecule has 2 N–H and O–H groups in total. The standard InChI is InChI=1S/C35H43N3O4/c1-5-6-7-8-9-22-41-30-20-16-28(17-21-30)33-37-32(38-42-33)27-14-10-25(11-15-27)23-31(34(39)40)36-24-26-12-18-29(19-13-26)35(2,3)4/h10-21,31,36H,5-9,22-24H2,1-4H3,(H,39,40)/t31-/m0/s1. The summed E-state index contributed by atoms with van der Waals surface area (Å²) in [5.41, 5.74) is 4.92. The molecule has 0 aliphatic heterocycles. The topological polar surface area (TPSA) is 97.5 Å². The van der Waals surface area contributed by atoms with E-state index in [1.807, 2.05) is 48.5 Å². The van der Waals surface area contributed by atoms with Crippen LogP contribution < -0.4 is 10.1 Å². The number of hydrogen-bond donors (Lipinski definition) is 2. The van der Waals surface area contributed by atoms with E-state index in [-0.39, 0.29) is 5.41 Å². The minimum Gasteiger partial charge on any atom is -0.494 e. The second kappa shape index (κ2) is 14.8. The second-order valence-electron chi connectivity index (χ2n) is 11.8. The van der Waals surface area contributed by atoms with Gasteiger partial charge in [0.25, 0.3) is 5.89 Å². The Morgan fingerprint density at radius 1 is 0.881 bits per heavy atom. The number of carbonyl (C=O) groups is 1. The lowest BCUT2D eigenvalue weighted by molar-refractivity contribution is -0.139. The van der Waals surface area contributed by atoms with Gasteiger partial charge in [-0.2, -0.15) is 4.98 Å². The molecule has 0 amide bonds. The smallest absolute Gasteiger partial charge is 0.321 e. The molecule has 0 spiro atoms. The van der Waals surface area contributed by atoms with E-state index in [0.717, 1.165) is 41.0 Å². The fraction of sp³-hybridized carbons (Fsp3) is 0.400. The molecule has 0 bridgehead atoms. The largest absolute Gasteiger partial charge is 0.494 e. The van der Waals surface area contributed by atoms with Crippen molar-refractivity contribution in [2.75, 3.05) is 6.61 Å². The predicted molar refractivity (Wildman–Crippen MR) is 167 cm³/mol. The molecule has 4 aromatic rings. The molecule has 42 heavy (non-hydrogen) atoms. The first-order chi connectivity index (χ1) is 20.2. The van der Waals surface area contributed by atoms with Gasteiger partial charge in [0.2, 0.25) is 5.82 Å². The molecular weight excluding hydrogens is 526 g/mol. The number of hydrogen-bond acceptors (Lipinski definition) is 6. The van der Waals surface area contributed by atoms with Crippen LogP contribution in [0.5, 0.6) is 5.75 Å². The van der Waals surface area contributed by atoms with E-state index in [9.17, 15) is 9.90 Å². The number of ether oxygens (including phenoxy) is 1. The summed E-state index contributed by atoms with van der Waals surface area (Å²) in [6.45, 7) is 9.95. The molecule has 1 heterocycles. The van der Waals surface area contributed by atoms with Crippen LogP contribution in [-0.2, 0) is 23.2 Å². The molecule has 222 valence electrons. The minimum absolute atomic E-state index is 0.0819. The summed E-state index contributed by atoms with van der Waals surface area (Å²) >= 11 is 0. The van der Waals surface area contributed by atoms with Crippen molar-refractivity contribution in [2.24, 2.45) is 0 Å². The van der Waals surface area contributed by atoms with Gasteiger partial charge in [0.05, 0.1) is 6.61 Å². The summed E-state index contributed by atoms with van der Waals surface area (Å²) in [5, 5.41) is 17.1. The normalized spacial score (nSPS) is 12.3. The molecule has 7 heteroatoms. The van der Waals surface area contributed by atoms with E-state index < -0.39 is 12.0 Å². The first kappa shape index (κ1) is 31.0. The molecule has 0 radical (unpaired) electrons. The van der Waals surface area contributed by atoms with Crippen molar-refractivity contribution in [1.29, 1.82) is 0 Å². The van der Waals surface area contributed by atoms with E-state index in [1.54, 1.807) is 0 Å². The van der Waals surface area contributed by atoms with Gasteiger partial charge in [-0.05, 0) is 59.2 Å². The number of nitrogens with zero attached hydrogens (tertiary/aromatic N) is 2. The van der Waals surface area contributed by atoms with Gasteiger partial charge < -0.3 is 19.7 Å². The van der Waals surface area contributed by atoms with Crippen LogP contribution in [0, 0.1) is 0 Å². The molecular formula is C35H43N3O4. The summed E-state index contributed by atoms with van der Waals surface area (Å²) < 4.78 is 11.4. The first-order valence-electron chi connectivity index (χ1n) is 14.9. The Balaban J connectivity index is 1.30. The third-order valence-corrected chi connectivity index (χ3v) is 7.37. The molecule has 0 unspecified atom stereocenters.